The highest BCUT2D eigenvalue weighted by Gasteiger charge is 2.30. The lowest BCUT2D eigenvalue weighted by Gasteiger charge is -2.32. The fourth-order valence-electron chi connectivity index (χ4n) is 2.17. The average Bonchev–Trinajstić information content (AvgIpc) is 2.19. The van der Waals surface area contributed by atoms with E-state index in [-0.39, 0.29) is 5.41 Å². The van der Waals surface area contributed by atoms with Crippen molar-refractivity contribution in [2.24, 2.45) is 11.1 Å². The van der Waals surface area contributed by atoms with Crippen molar-refractivity contribution >= 4 is 5.97 Å². The zero-order valence-electron chi connectivity index (χ0n) is 9.15. The van der Waals surface area contributed by atoms with Gasteiger partial charge in [-0.1, -0.05) is 37.6 Å². The number of carbonyl (C=O) groups is 1. The van der Waals surface area contributed by atoms with E-state index in [1.165, 1.54) is 0 Å². The molecule has 3 N–H and O–H groups in total. The molecule has 0 aliphatic heterocycles. The van der Waals surface area contributed by atoms with Crippen molar-refractivity contribution in [2.75, 3.05) is 0 Å². The zero-order chi connectivity index (χ0) is 11.3. The van der Waals surface area contributed by atoms with Crippen LogP contribution in [0, 0.1) is 5.41 Å². The van der Waals surface area contributed by atoms with E-state index in [2.05, 4.69) is 19.1 Å². The minimum Gasteiger partial charge on any atom is -0.480 e. The fourth-order valence-corrected chi connectivity index (χ4v) is 2.17. The predicted molar refractivity (Wildman–Crippen MR) is 60.5 cm³/mol. The summed E-state index contributed by atoms with van der Waals surface area (Å²) in [6.45, 7) is 2.11. The topological polar surface area (TPSA) is 63.3 Å². The molecule has 0 spiro atoms. The number of carboxylic acid groups (broad SMARTS) is 1. The standard InChI is InChI=1S/C12H19NO2/c1-2-6-12(7-4-3-5-8-12)9-10(13)11(14)15/h3-5,7,10H,2,6,8-9,13H2,1H3,(H,14,15)/t10-,12?/m1/s1. The van der Waals surface area contributed by atoms with Gasteiger partial charge in [-0.2, -0.15) is 0 Å². The molecule has 1 unspecified atom stereocenters. The summed E-state index contributed by atoms with van der Waals surface area (Å²) in [5, 5.41) is 8.83. The normalized spacial score (nSPS) is 26.5. The Morgan fingerprint density at radius 2 is 2.33 bits per heavy atom. The van der Waals surface area contributed by atoms with E-state index >= 15 is 0 Å². The Hall–Kier alpha value is -1.09. The average molecular weight is 209 g/mol. The van der Waals surface area contributed by atoms with Crippen molar-refractivity contribution < 1.29 is 9.90 Å². The highest BCUT2D eigenvalue weighted by molar-refractivity contribution is 5.73. The van der Waals surface area contributed by atoms with Crippen LogP contribution in [0.5, 0.6) is 0 Å². The predicted octanol–water partition coefficient (Wildman–Crippen LogP) is 2.09. The molecule has 84 valence electrons. The fraction of sp³-hybridized carbons (Fsp3) is 0.583. The first kappa shape index (κ1) is 12.0. The summed E-state index contributed by atoms with van der Waals surface area (Å²) in [4.78, 5) is 10.8. The van der Waals surface area contributed by atoms with Crippen LogP contribution >= 0.6 is 0 Å². The van der Waals surface area contributed by atoms with Crippen LogP contribution in [0.2, 0.25) is 0 Å². The number of allylic oxidation sites excluding steroid dienone is 4. The van der Waals surface area contributed by atoms with Gasteiger partial charge in [-0.3, -0.25) is 4.79 Å². The smallest absolute Gasteiger partial charge is 0.320 e. The third-order valence-corrected chi connectivity index (χ3v) is 2.91. The number of nitrogens with two attached hydrogens (primary N) is 1. The van der Waals surface area contributed by atoms with Gasteiger partial charge >= 0.3 is 5.97 Å². The molecule has 0 fully saturated rings. The first-order valence-corrected chi connectivity index (χ1v) is 5.42. The molecule has 1 aliphatic rings. The Labute approximate surface area is 90.7 Å². The first-order valence-electron chi connectivity index (χ1n) is 5.42. The minimum atomic E-state index is -0.909. The second kappa shape index (κ2) is 5.12. The largest absolute Gasteiger partial charge is 0.480 e. The van der Waals surface area contributed by atoms with Crippen LogP contribution in [0.1, 0.15) is 32.6 Å². The molecule has 1 aliphatic carbocycles. The third-order valence-electron chi connectivity index (χ3n) is 2.91. The maximum absolute atomic E-state index is 10.8. The van der Waals surface area contributed by atoms with E-state index in [9.17, 15) is 4.79 Å². The first-order chi connectivity index (χ1) is 7.09. The van der Waals surface area contributed by atoms with E-state index in [0.717, 1.165) is 19.3 Å². The van der Waals surface area contributed by atoms with Gasteiger partial charge in [0, 0.05) is 0 Å². The highest BCUT2D eigenvalue weighted by Crippen LogP contribution is 2.37. The van der Waals surface area contributed by atoms with Gasteiger partial charge in [0.25, 0.3) is 0 Å². The molecule has 0 radical (unpaired) electrons. The number of hydrogen-bond donors (Lipinski definition) is 2. The van der Waals surface area contributed by atoms with Crippen LogP contribution in [0.4, 0.5) is 0 Å². The molecule has 0 amide bonds. The van der Waals surface area contributed by atoms with E-state index in [1.807, 2.05) is 12.2 Å². The summed E-state index contributed by atoms with van der Waals surface area (Å²) in [6, 6.07) is -0.757. The van der Waals surface area contributed by atoms with E-state index in [0.29, 0.717) is 6.42 Å². The second-order valence-electron chi connectivity index (χ2n) is 4.25. The summed E-state index contributed by atoms with van der Waals surface area (Å²) in [7, 11) is 0. The molecule has 0 aromatic heterocycles. The van der Waals surface area contributed by atoms with Gasteiger partial charge in [-0.15, -0.1) is 0 Å². The van der Waals surface area contributed by atoms with Crippen molar-refractivity contribution in [2.45, 2.75) is 38.6 Å². The molecule has 1 rings (SSSR count). The van der Waals surface area contributed by atoms with Crippen molar-refractivity contribution in [3.63, 3.8) is 0 Å². The highest BCUT2D eigenvalue weighted by atomic mass is 16.4. The molecular weight excluding hydrogens is 190 g/mol. The number of aliphatic carboxylic acids is 1. The summed E-state index contributed by atoms with van der Waals surface area (Å²) in [5.41, 5.74) is 5.56. The lowest BCUT2D eigenvalue weighted by molar-refractivity contribution is -0.139. The van der Waals surface area contributed by atoms with Gasteiger partial charge in [0.2, 0.25) is 0 Å². The molecule has 0 aromatic carbocycles. The van der Waals surface area contributed by atoms with Crippen molar-refractivity contribution in [1.29, 1.82) is 0 Å². The number of hydrogen-bond acceptors (Lipinski definition) is 2. The van der Waals surface area contributed by atoms with Gasteiger partial charge in [0.1, 0.15) is 6.04 Å². The summed E-state index contributed by atoms with van der Waals surface area (Å²) >= 11 is 0. The van der Waals surface area contributed by atoms with Gasteiger partial charge in [0.15, 0.2) is 0 Å². The van der Waals surface area contributed by atoms with E-state index in [1.54, 1.807) is 0 Å². The monoisotopic (exact) mass is 209 g/mol. The Morgan fingerprint density at radius 1 is 1.60 bits per heavy atom. The maximum Gasteiger partial charge on any atom is 0.320 e. The molecule has 3 nitrogen and oxygen atoms in total. The Kier molecular flexibility index (Phi) is 4.09. The summed E-state index contributed by atoms with van der Waals surface area (Å²) in [5.74, 6) is -0.909. The van der Waals surface area contributed by atoms with Crippen LogP contribution in [-0.4, -0.2) is 17.1 Å². The molecule has 2 atom stereocenters. The Morgan fingerprint density at radius 3 is 2.80 bits per heavy atom. The molecule has 15 heavy (non-hydrogen) atoms. The molecule has 3 heteroatoms. The molecule has 0 aromatic rings. The molecule has 0 heterocycles. The van der Waals surface area contributed by atoms with Crippen LogP contribution in [0.15, 0.2) is 24.3 Å². The minimum absolute atomic E-state index is 0.0404. The quantitative estimate of drug-likeness (QED) is 0.728. The van der Waals surface area contributed by atoms with Crippen molar-refractivity contribution in [1.82, 2.24) is 0 Å². The molecule has 0 bridgehead atoms. The van der Waals surface area contributed by atoms with Crippen LogP contribution in [0.3, 0.4) is 0 Å². The lowest BCUT2D eigenvalue weighted by atomic mass is 9.73. The van der Waals surface area contributed by atoms with Gasteiger partial charge in [-0.05, 0) is 24.7 Å². The van der Waals surface area contributed by atoms with E-state index < -0.39 is 12.0 Å². The second-order valence-corrected chi connectivity index (χ2v) is 4.25. The van der Waals surface area contributed by atoms with Crippen LogP contribution < -0.4 is 5.73 Å². The lowest BCUT2D eigenvalue weighted by Crippen LogP contribution is -2.36. The van der Waals surface area contributed by atoms with Gasteiger partial charge in [0.05, 0.1) is 0 Å². The van der Waals surface area contributed by atoms with Crippen LogP contribution in [0.25, 0.3) is 0 Å². The van der Waals surface area contributed by atoms with Gasteiger partial charge in [-0.25, -0.2) is 0 Å². The number of rotatable bonds is 5. The number of carboxylic acids is 1. The summed E-state index contributed by atoms with van der Waals surface area (Å²) in [6.07, 6.45) is 11.7. The van der Waals surface area contributed by atoms with Crippen molar-refractivity contribution in [3.05, 3.63) is 24.3 Å². The van der Waals surface area contributed by atoms with Crippen molar-refractivity contribution in [3.8, 4) is 0 Å². The van der Waals surface area contributed by atoms with E-state index in [4.69, 9.17) is 10.8 Å². The Balaban J connectivity index is 2.69. The Bertz CT molecular complexity index is 283. The maximum atomic E-state index is 10.8. The third kappa shape index (κ3) is 3.20. The van der Waals surface area contributed by atoms with Crippen LogP contribution in [-0.2, 0) is 4.79 Å². The molecular formula is C12H19NO2. The summed E-state index contributed by atoms with van der Waals surface area (Å²) < 4.78 is 0. The zero-order valence-corrected chi connectivity index (χ0v) is 9.15. The molecule has 0 saturated heterocycles. The van der Waals surface area contributed by atoms with Gasteiger partial charge < -0.3 is 10.8 Å². The molecule has 0 saturated carbocycles. The SMILES string of the molecule is CCCC1(C[C@@H](N)C(=O)O)C=CC=CC1.